The maximum Gasteiger partial charge on any atom is 0.268 e. The van der Waals surface area contributed by atoms with Crippen molar-refractivity contribution < 1.29 is 13.2 Å². The number of fused-ring (bicyclic) bond motifs is 1. The first-order valence-electron chi connectivity index (χ1n) is 10.1. The molecule has 1 fully saturated rings. The van der Waals surface area contributed by atoms with Crippen molar-refractivity contribution in [1.82, 2.24) is 14.6 Å². The van der Waals surface area contributed by atoms with Gasteiger partial charge in [-0.15, -0.1) is 0 Å². The van der Waals surface area contributed by atoms with E-state index in [-0.39, 0.29) is 4.90 Å². The van der Waals surface area contributed by atoms with Crippen molar-refractivity contribution in [1.29, 1.82) is 0 Å². The van der Waals surface area contributed by atoms with Gasteiger partial charge in [-0.05, 0) is 68.7 Å². The smallest absolute Gasteiger partial charge is 0.268 e. The summed E-state index contributed by atoms with van der Waals surface area (Å²) >= 11 is 0. The van der Waals surface area contributed by atoms with Crippen LogP contribution in [-0.4, -0.2) is 45.2 Å². The number of nitrogens with zero attached hydrogens (tertiary/aromatic N) is 1. The second-order valence-corrected chi connectivity index (χ2v) is 9.20. The van der Waals surface area contributed by atoms with Crippen molar-refractivity contribution in [2.75, 3.05) is 32.8 Å². The Morgan fingerprint density at radius 2 is 1.97 bits per heavy atom. The molecule has 154 valence electrons. The summed E-state index contributed by atoms with van der Waals surface area (Å²) in [6.07, 6.45) is 4.10. The molecule has 0 spiro atoms. The fourth-order valence-corrected chi connectivity index (χ4v) is 5.16. The molecule has 2 N–H and O–H groups in total. The van der Waals surface area contributed by atoms with E-state index in [9.17, 15) is 8.42 Å². The van der Waals surface area contributed by atoms with Crippen LogP contribution in [0.3, 0.4) is 0 Å². The van der Waals surface area contributed by atoms with Gasteiger partial charge in [-0.1, -0.05) is 24.3 Å². The molecule has 0 saturated carbocycles. The highest BCUT2D eigenvalue weighted by Crippen LogP contribution is 2.29. The van der Waals surface area contributed by atoms with Crippen LogP contribution in [0.5, 0.6) is 5.75 Å². The highest BCUT2D eigenvalue weighted by molar-refractivity contribution is 7.90. The van der Waals surface area contributed by atoms with Gasteiger partial charge in [0.25, 0.3) is 10.0 Å². The van der Waals surface area contributed by atoms with E-state index in [1.807, 2.05) is 12.1 Å². The van der Waals surface area contributed by atoms with Crippen LogP contribution in [-0.2, 0) is 10.0 Å². The Balaban J connectivity index is 1.42. The third kappa shape index (κ3) is 4.47. The van der Waals surface area contributed by atoms with E-state index < -0.39 is 10.0 Å². The number of hydrogen-bond donors (Lipinski definition) is 2. The number of benzene rings is 2. The molecule has 4 rings (SSSR count). The van der Waals surface area contributed by atoms with Crippen LogP contribution in [0.15, 0.2) is 65.7 Å². The number of aromatic nitrogens is 1. The lowest BCUT2D eigenvalue weighted by molar-refractivity contribution is 0.302. The van der Waals surface area contributed by atoms with Crippen molar-refractivity contribution in [2.45, 2.75) is 17.7 Å². The SMILES string of the molecule is O=S(=O)(c1ccccc1)n1ccc2c(OCCNCC3CCCNC3)cccc21. The summed E-state index contributed by atoms with van der Waals surface area (Å²) in [7, 11) is -3.64. The number of piperidine rings is 1. The standard InChI is InChI=1S/C22H27N3O3S/c26-29(27,19-7-2-1-3-8-19)25-14-11-20-21(25)9-4-10-22(20)28-15-13-24-17-18-6-5-12-23-16-18/h1-4,7-11,14,18,23-24H,5-6,12-13,15-17H2. The summed E-state index contributed by atoms with van der Waals surface area (Å²) in [6.45, 7) is 4.50. The topological polar surface area (TPSA) is 72.4 Å². The van der Waals surface area contributed by atoms with Crippen molar-refractivity contribution in [3.8, 4) is 5.75 Å². The van der Waals surface area contributed by atoms with Gasteiger partial charge in [0.1, 0.15) is 12.4 Å². The third-order valence-corrected chi connectivity index (χ3v) is 7.03. The molecule has 0 aliphatic carbocycles. The Morgan fingerprint density at radius 1 is 1.10 bits per heavy atom. The molecule has 1 saturated heterocycles. The van der Waals surface area contributed by atoms with Crippen LogP contribution >= 0.6 is 0 Å². The van der Waals surface area contributed by atoms with Crippen molar-refractivity contribution in [3.63, 3.8) is 0 Å². The van der Waals surface area contributed by atoms with E-state index in [0.29, 0.717) is 23.8 Å². The Bertz CT molecular complexity index is 1040. The molecule has 2 aromatic carbocycles. The number of nitrogens with one attached hydrogen (secondary N) is 2. The zero-order chi connectivity index (χ0) is 20.1. The highest BCUT2D eigenvalue weighted by atomic mass is 32.2. The number of ether oxygens (including phenoxy) is 1. The number of hydrogen-bond acceptors (Lipinski definition) is 5. The first-order valence-corrected chi connectivity index (χ1v) is 11.6. The van der Waals surface area contributed by atoms with Gasteiger partial charge in [-0.25, -0.2) is 12.4 Å². The van der Waals surface area contributed by atoms with Gasteiger partial charge in [-0.2, -0.15) is 0 Å². The van der Waals surface area contributed by atoms with E-state index in [2.05, 4.69) is 10.6 Å². The monoisotopic (exact) mass is 413 g/mol. The van der Waals surface area contributed by atoms with Crippen LogP contribution in [0.4, 0.5) is 0 Å². The molecule has 0 radical (unpaired) electrons. The first-order chi connectivity index (χ1) is 14.2. The molecule has 3 aromatic rings. The molecule has 1 aromatic heterocycles. The number of rotatable bonds is 8. The molecule has 2 heterocycles. The van der Waals surface area contributed by atoms with Crippen LogP contribution in [0.2, 0.25) is 0 Å². The second kappa shape index (κ2) is 8.98. The molecule has 29 heavy (non-hydrogen) atoms. The summed E-state index contributed by atoms with van der Waals surface area (Å²) in [5.41, 5.74) is 0.618. The molecular weight excluding hydrogens is 386 g/mol. The van der Waals surface area contributed by atoms with E-state index in [0.717, 1.165) is 31.6 Å². The van der Waals surface area contributed by atoms with E-state index in [1.165, 1.54) is 16.8 Å². The fraction of sp³-hybridized carbons (Fsp3) is 0.364. The Kier molecular flexibility index (Phi) is 6.18. The predicted molar refractivity (Wildman–Crippen MR) is 115 cm³/mol. The normalized spacial score (nSPS) is 17.4. The maximum atomic E-state index is 13.0. The molecule has 7 heteroatoms. The summed E-state index contributed by atoms with van der Waals surface area (Å²) < 4.78 is 33.2. The van der Waals surface area contributed by atoms with Gasteiger partial charge in [0.15, 0.2) is 0 Å². The lowest BCUT2D eigenvalue weighted by Crippen LogP contribution is -2.37. The Morgan fingerprint density at radius 3 is 2.76 bits per heavy atom. The Hall–Kier alpha value is -2.35. The van der Waals surface area contributed by atoms with E-state index in [1.54, 1.807) is 48.7 Å². The molecule has 0 amide bonds. The molecule has 1 unspecified atom stereocenters. The van der Waals surface area contributed by atoms with Crippen molar-refractivity contribution in [3.05, 3.63) is 60.8 Å². The summed E-state index contributed by atoms with van der Waals surface area (Å²) in [6, 6.07) is 15.8. The van der Waals surface area contributed by atoms with Gasteiger partial charge < -0.3 is 15.4 Å². The molecule has 1 aliphatic rings. The van der Waals surface area contributed by atoms with Crippen LogP contribution in [0.25, 0.3) is 10.9 Å². The first kappa shape index (κ1) is 19.9. The minimum absolute atomic E-state index is 0.269. The molecule has 6 nitrogen and oxygen atoms in total. The Labute approximate surface area is 171 Å². The molecular formula is C22H27N3O3S. The molecule has 1 atom stereocenters. The average Bonchev–Trinajstić information content (AvgIpc) is 3.21. The summed E-state index contributed by atoms with van der Waals surface area (Å²) in [4.78, 5) is 0.269. The zero-order valence-electron chi connectivity index (χ0n) is 16.4. The summed E-state index contributed by atoms with van der Waals surface area (Å²) in [5, 5.41) is 7.68. The van der Waals surface area contributed by atoms with E-state index in [4.69, 9.17) is 4.74 Å². The van der Waals surface area contributed by atoms with Crippen molar-refractivity contribution in [2.24, 2.45) is 5.92 Å². The quantitative estimate of drug-likeness (QED) is 0.556. The lowest BCUT2D eigenvalue weighted by atomic mass is 10.00. The second-order valence-electron chi connectivity index (χ2n) is 7.38. The zero-order valence-corrected chi connectivity index (χ0v) is 17.2. The van der Waals surface area contributed by atoms with Crippen LogP contribution < -0.4 is 15.4 Å². The summed E-state index contributed by atoms with van der Waals surface area (Å²) in [5.74, 6) is 1.38. The largest absolute Gasteiger partial charge is 0.492 e. The highest BCUT2D eigenvalue weighted by Gasteiger charge is 2.19. The average molecular weight is 414 g/mol. The predicted octanol–water partition coefficient (Wildman–Crippen LogP) is 2.85. The van der Waals surface area contributed by atoms with Gasteiger partial charge in [-0.3, -0.25) is 0 Å². The lowest BCUT2D eigenvalue weighted by Gasteiger charge is -2.22. The van der Waals surface area contributed by atoms with Gasteiger partial charge in [0.2, 0.25) is 0 Å². The third-order valence-electron chi connectivity index (χ3n) is 5.33. The molecule has 0 bridgehead atoms. The van der Waals surface area contributed by atoms with Gasteiger partial charge >= 0.3 is 0 Å². The van der Waals surface area contributed by atoms with E-state index >= 15 is 0 Å². The van der Waals surface area contributed by atoms with Gasteiger partial charge in [0.05, 0.1) is 10.4 Å². The molecule has 1 aliphatic heterocycles. The maximum absolute atomic E-state index is 13.0. The van der Waals surface area contributed by atoms with Crippen molar-refractivity contribution >= 4 is 20.9 Å². The minimum Gasteiger partial charge on any atom is -0.492 e. The van der Waals surface area contributed by atoms with Crippen LogP contribution in [0.1, 0.15) is 12.8 Å². The fourth-order valence-electron chi connectivity index (χ4n) is 3.79. The minimum atomic E-state index is -3.64. The van der Waals surface area contributed by atoms with Gasteiger partial charge in [0, 0.05) is 18.1 Å². The van der Waals surface area contributed by atoms with Crippen LogP contribution in [0, 0.1) is 5.92 Å².